The number of carbonyl (C=O) groups is 3. The van der Waals surface area contributed by atoms with Gasteiger partial charge in [0.2, 0.25) is 5.91 Å². The number of ether oxygens (including phenoxy) is 2. The summed E-state index contributed by atoms with van der Waals surface area (Å²) in [5, 5.41) is 4.86. The molecule has 0 aromatic heterocycles. The maximum absolute atomic E-state index is 12.3. The van der Waals surface area contributed by atoms with Gasteiger partial charge in [-0.05, 0) is 65.6 Å². The van der Waals surface area contributed by atoms with Crippen molar-refractivity contribution in [2.24, 2.45) is 0 Å². The van der Waals surface area contributed by atoms with Crippen LogP contribution < -0.4 is 10.1 Å². The molecule has 3 aromatic rings. The van der Waals surface area contributed by atoms with E-state index in [0.717, 1.165) is 38.9 Å². The third-order valence-corrected chi connectivity index (χ3v) is 5.37. The van der Waals surface area contributed by atoms with Crippen LogP contribution in [0.1, 0.15) is 16.7 Å². The van der Waals surface area contributed by atoms with E-state index in [1.165, 1.54) is 18.0 Å². The molecule has 0 unspecified atom stereocenters. The number of carbonyl (C=O) groups excluding carboxylic acids is 3. The first kappa shape index (κ1) is 24.5. The van der Waals surface area contributed by atoms with Crippen molar-refractivity contribution in [3.05, 3.63) is 77.4 Å². The number of hydrogen-bond donors (Lipinski definition) is 1. The van der Waals surface area contributed by atoms with Crippen molar-refractivity contribution in [3.63, 3.8) is 0 Å². The number of aryl methyl sites for hydroxylation is 2. The third kappa shape index (κ3) is 6.45. The maximum atomic E-state index is 12.3. The topological polar surface area (TPSA) is 84.9 Å². The molecule has 176 valence electrons. The van der Waals surface area contributed by atoms with Gasteiger partial charge < -0.3 is 19.7 Å². The van der Waals surface area contributed by atoms with Crippen LogP contribution in [0.5, 0.6) is 5.75 Å². The van der Waals surface area contributed by atoms with E-state index in [9.17, 15) is 14.4 Å². The SMILES string of the molecule is COc1ccc2cc(/C=C/C(=O)OCC(=O)N(C)CC(=O)Nc3c(C)cccc3C)ccc2c1. The van der Waals surface area contributed by atoms with Gasteiger partial charge in [0.15, 0.2) is 6.61 Å². The lowest BCUT2D eigenvalue weighted by molar-refractivity contribution is -0.148. The number of hydrogen-bond acceptors (Lipinski definition) is 5. The van der Waals surface area contributed by atoms with Crippen LogP contribution in [0.15, 0.2) is 60.7 Å². The molecule has 0 aliphatic carbocycles. The summed E-state index contributed by atoms with van der Waals surface area (Å²) in [6.07, 6.45) is 2.89. The van der Waals surface area contributed by atoms with Gasteiger partial charge in [0.25, 0.3) is 5.91 Å². The number of likely N-dealkylation sites (N-methyl/N-ethyl adjacent to an activating group) is 1. The Bertz CT molecular complexity index is 1230. The van der Waals surface area contributed by atoms with Gasteiger partial charge >= 0.3 is 5.97 Å². The lowest BCUT2D eigenvalue weighted by atomic mass is 10.1. The summed E-state index contributed by atoms with van der Waals surface area (Å²) in [5.41, 5.74) is 3.43. The number of nitrogens with zero attached hydrogens (tertiary/aromatic N) is 1. The molecule has 0 bridgehead atoms. The largest absolute Gasteiger partial charge is 0.497 e. The molecule has 3 aromatic carbocycles. The van der Waals surface area contributed by atoms with Crippen molar-refractivity contribution in [1.29, 1.82) is 0 Å². The molecular formula is C27H28N2O5. The Morgan fingerprint density at radius 3 is 2.35 bits per heavy atom. The van der Waals surface area contributed by atoms with Crippen LogP contribution in [0.25, 0.3) is 16.8 Å². The number of anilines is 1. The Labute approximate surface area is 199 Å². The summed E-state index contributed by atoms with van der Waals surface area (Å²) in [7, 11) is 3.11. The Kier molecular flexibility index (Phi) is 8.03. The van der Waals surface area contributed by atoms with Gasteiger partial charge in [0.05, 0.1) is 13.7 Å². The first-order valence-corrected chi connectivity index (χ1v) is 10.8. The van der Waals surface area contributed by atoms with Crippen LogP contribution in [0, 0.1) is 13.8 Å². The fraction of sp³-hybridized carbons (Fsp3) is 0.222. The van der Waals surface area contributed by atoms with Crippen LogP contribution in [0.4, 0.5) is 5.69 Å². The van der Waals surface area contributed by atoms with Crippen molar-refractivity contribution in [3.8, 4) is 5.75 Å². The summed E-state index contributed by atoms with van der Waals surface area (Å²) in [4.78, 5) is 37.9. The van der Waals surface area contributed by atoms with Gasteiger partial charge in [0, 0.05) is 18.8 Å². The Balaban J connectivity index is 1.49. The van der Waals surface area contributed by atoms with Gasteiger partial charge in [-0.25, -0.2) is 4.79 Å². The quantitative estimate of drug-likeness (QED) is 0.404. The first-order valence-electron chi connectivity index (χ1n) is 10.8. The molecule has 0 radical (unpaired) electrons. The average Bonchev–Trinajstić information content (AvgIpc) is 2.83. The number of rotatable bonds is 8. The van der Waals surface area contributed by atoms with E-state index in [2.05, 4.69) is 5.32 Å². The zero-order valence-electron chi connectivity index (χ0n) is 19.8. The summed E-state index contributed by atoms with van der Waals surface area (Å²) < 4.78 is 10.3. The first-order chi connectivity index (χ1) is 16.3. The lowest BCUT2D eigenvalue weighted by Crippen LogP contribution is -2.37. The van der Waals surface area contributed by atoms with Gasteiger partial charge in [0.1, 0.15) is 5.75 Å². The highest BCUT2D eigenvalue weighted by molar-refractivity contribution is 5.96. The number of para-hydroxylation sites is 1. The molecule has 0 aliphatic rings. The van der Waals surface area contributed by atoms with Gasteiger partial charge in [-0.2, -0.15) is 0 Å². The van der Waals surface area contributed by atoms with Crippen molar-refractivity contribution in [1.82, 2.24) is 4.90 Å². The van der Waals surface area contributed by atoms with Crippen molar-refractivity contribution in [2.75, 3.05) is 32.6 Å². The zero-order chi connectivity index (χ0) is 24.7. The fourth-order valence-corrected chi connectivity index (χ4v) is 3.42. The molecule has 1 N–H and O–H groups in total. The normalized spacial score (nSPS) is 10.8. The van der Waals surface area contributed by atoms with E-state index in [-0.39, 0.29) is 12.5 Å². The van der Waals surface area contributed by atoms with Crippen molar-refractivity contribution < 1.29 is 23.9 Å². The van der Waals surface area contributed by atoms with E-state index >= 15 is 0 Å². The molecule has 3 rings (SSSR count). The predicted octanol–water partition coefficient (Wildman–Crippen LogP) is 4.12. The number of fused-ring (bicyclic) bond motifs is 1. The molecular weight excluding hydrogens is 432 g/mol. The Morgan fingerprint density at radius 2 is 1.65 bits per heavy atom. The zero-order valence-corrected chi connectivity index (χ0v) is 19.8. The van der Waals surface area contributed by atoms with Gasteiger partial charge in [-0.3, -0.25) is 9.59 Å². The molecule has 7 nitrogen and oxygen atoms in total. The summed E-state index contributed by atoms with van der Waals surface area (Å²) in [6.45, 7) is 3.20. The molecule has 0 aliphatic heterocycles. The highest BCUT2D eigenvalue weighted by Gasteiger charge is 2.15. The Morgan fingerprint density at radius 1 is 0.971 bits per heavy atom. The number of esters is 1. The van der Waals surface area contributed by atoms with E-state index in [4.69, 9.17) is 9.47 Å². The molecule has 2 amide bonds. The minimum absolute atomic E-state index is 0.151. The lowest BCUT2D eigenvalue weighted by Gasteiger charge is -2.18. The molecule has 0 spiro atoms. The molecule has 7 heteroatoms. The smallest absolute Gasteiger partial charge is 0.331 e. The van der Waals surface area contributed by atoms with Gasteiger partial charge in [-0.1, -0.05) is 36.4 Å². The van der Waals surface area contributed by atoms with E-state index in [1.807, 2.05) is 68.4 Å². The highest BCUT2D eigenvalue weighted by Crippen LogP contribution is 2.22. The van der Waals surface area contributed by atoms with E-state index < -0.39 is 18.5 Å². The molecule has 0 fully saturated rings. The average molecular weight is 461 g/mol. The van der Waals surface area contributed by atoms with Gasteiger partial charge in [-0.15, -0.1) is 0 Å². The van der Waals surface area contributed by atoms with Crippen LogP contribution in [0.2, 0.25) is 0 Å². The fourth-order valence-electron chi connectivity index (χ4n) is 3.42. The molecule has 0 saturated heterocycles. The summed E-state index contributed by atoms with van der Waals surface area (Å²) >= 11 is 0. The second-order valence-electron chi connectivity index (χ2n) is 7.98. The van der Waals surface area contributed by atoms with Crippen LogP contribution in [0.3, 0.4) is 0 Å². The van der Waals surface area contributed by atoms with Crippen LogP contribution in [-0.2, 0) is 19.1 Å². The molecule has 0 saturated carbocycles. The molecule has 34 heavy (non-hydrogen) atoms. The number of nitrogens with one attached hydrogen (secondary N) is 1. The maximum Gasteiger partial charge on any atom is 0.331 e. The van der Waals surface area contributed by atoms with Crippen LogP contribution >= 0.6 is 0 Å². The number of benzene rings is 3. The van der Waals surface area contributed by atoms with E-state index in [1.54, 1.807) is 13.2 Å². The number of amides is 2. The number of methoxy groups -OCH3 is 1. The molecule has 0 atom stereocenters. The molecule has 0 heterocycles. The predicted molar refractivity (Wildman–Crippen MR) is 133 cm³/mol. The Hall–Kier alpha value is -4.13. The standard InChI is InChI=1S/C27H28N2O5/c1-18-6-5-7-19(2)27(18)28-24(30)16-29(3)25(31)17-34-26(32)13-9-20-8-10-22-15-23(33-4)12-11-21(22)14-20/h5-15H,16-17H2,1-4H3,(H,28,30)/b13-9+. The summed E-state index contributed by atoms with van der Waals surface area (Å²) in [5.74, 6) is -0.667. The second kappa shape index (κ2) is 11.1. The second-order valence-corrected chi connectivity index (χ2v) is 7.98. The highest BCUT2D eigenvalue weighted by atomic mass is 16.5. The summed E-state index contributed by atoms with van der Waals surface area (Å²) in [6, 6.07) is 17.2. The van der Waals surface area contributed by atoms with Crippen molar-refractivity contribution >= 4 is 40.3 Å². The monoisotopic (exact) mass is 460 g/mol. The third-order valence-electron chi connectivity index (χ3n) is 5.37. The van der Waals surface area contributed by atoms with Crippen molar-refractivity contribution in [2.45, 2.75) is 13.8 Å². The van der Waals surface area contributed by atoms with Crippen LogP contribution in [-0.4, -0.2) is 50.0 Å². The minimum atomic E-state index is -0.642. The van der Waals surface area contributed by atoms with E-state index in [0.29, 0.717) is 0 Å². The minimum Gasteiger partial charge on any atom is -0.497 e.